The fourth-order valence-electron chi connectivity index (χ4n) is 2.51. The molecule has 0 unspecified atom stereocenters. The Morgan fingerprint density at radius 3 is 2.70 bits per heavy atom. The summed E-state index contributed by atoms with van der Waals surface area (Å²) in [7, 11) is -3.53. The van der Waals surface area contributed by atoms with E-state index in [0.29, 0.717) is 37.5 Å². The summed E-state index contributed by atoms with van der Waals surface area (Å²) in [6.07, 6.45) is 1.16. The largest absolute Gasteiger partial charge is 0.394 e. The smallest absolute Gasteiger partial charge is 0.263 e. The summed E-state index contributed by atoms with van der Waals surface area (Å²) in [5, 5.41) is 9.64. The molecule has 1 fully saturated rings. The molecule has 0 aliphatic carbocycles. The average Bonchev–Trinajstić information content (AvgIpc) is 2.72. The Bertz CT molecular complexity index is 648. The summed E-state index contributed by atoms with van der Waals surface area (Å²) in [6, 6.07) is 6.72. The van der Waals surface area contributed by atoms with Gasteiger partial charge in [-0.1, -0.05) is 12.1 Å². The predicted octanol–water partition coefficient (Wildman–Crippen LogP) is 0.267. The molecule has 1 aromatic carbocycles. The lowest BCUT2D eigenvalue weighted by Crippen LogP contribution is -2.40. The maximum Gasteiger partial charge on any atom is 0.263 e. The fraction of sp³-hybridized carbons (Fsp3) is 0.462. The van der Waals surface area contributed by atoms with Crippen molar-refractivity contribution in [3.8, 4) is 0 Å². The standard InChI is InChI=1S/C13H16N2O4S/c16-9-13(5-7-19-8-6-13)14-12-10-3-1-2-4-11(10)20(17,18)15-12/h1-4,16H,5-9H2,(H,14,15). The van der Waals surface area contributed by atoms with Crippen LogP contribution < -0.4 is 4.72 Å². The Kier molecular flexibility index (Phi) is 3.27. The van der Waals surface area contributed by atoms with Gasteiger partial charge in [-0.3, -0.25) is 9.71 Å². The Morgan fingerprint density at radius 1 is 1.30 bits per heavy atom. The van der Waals surface area contributed by atoms with Crippen LogP contribution in [0, 0.1) is 0 Å². The number of sulfonamides is 1. The quantitative estimate of drug-likeness (QED) is 0.820. The van der Waals surface area contributed by atoms with Gasteiger partial charge < -0.3 is 9.84 Å². The maximum atomic E-state index is 12.0. The molecule has 2 heterocycles. The van der Waals surface area contributed by atoms with Crippen molar-refractivity contribution in [1.82, 2.24) is 4.72 Å². The van der Waals surface area contributed by atoms with Crippen molar-refractivity contribution in [3.05, 3.63) is 29.8 Å². The van der Waals surface area contributed by atoms with E-state index in [0.717, 1.165) is 0 Å². The number of ether oxygens (including phenoxy) is 1. The van der Waals surface area contributed by atoms with E-state index < -0.39 is 15.6 Å². The highest BCUT2D eigenvalue weighted by atomic mass is 32.2. The fourth-order valence-corrected chi connectivity index (χ4v) is 3.74. The van der Waals surface area contributed by atoms with E-state index in [4.69, 9.17) is 4.74 Å². The van der Waals surface area contributed by atoms with Gasteiger partial charge in [-0.2, -0.15) is 0 Å². The van der Waals surface area contributed by atoms with Crippen LogP contribution in [0.2, 0.25) is 0 Å². The first-order chi connectivity index (χ1) is 9.56. The summed E-state index contributed by atoms with van der Waals surface area (Å²) >= 11 is 0. The normalized spacial score (nSPS) is 25.1. The van der Waals surface area contributed by atoms with Gasteiger partial charge in [0.05, 0.1) is 17.0 Å². The minimum Gasteiger partial charge on any atom is -0.394 e. The topological polar surface area (TPSA) is 88.0 Å². The number of amidine groups is 1. The van der Waals surface area contributed by atoms with Gasteiger partial charge in [-0.15, -0.1) is 0 Å². The summed E-state index contributed by atoms with van der Waals surface area (Å²) in [5.41, 5.74) is -0.0973. The number of hydrogen-bond donors (Lipinski definition) is 2. The van der Waals surface area contributed by atoms with Gasteiger partial charge in [0.15, 0.2) is 0 Å². The monoisotopic (exact) mass is 296 g/mol. The molecule has 6 nitrogen and oxygen atoms in total. The van der Waals surface area contributed by atoms with Gasteiger partial charge >= 0.3 is 0 Å². The third-order valence-electron chi connectivity index (χ3n) is 3.73. The third-order valence-corrected chi connectivity index (χ3v) is 5.13. The number of aliphatic hydroxyl groups excluding tert-OH is 1. The van der Waals surface area contributed by atoms with Crippen LogP contribution in [0.25, 0.3) is 0 Å². The first-order valence-corrected chi connectivity index (χ1v) is 7.95. The molecule has 1 aromatic rings. The van der Waals surface area contributed by atoms with Crippen LogP contribution in [0.5, 0.6) is 0 Å². The van der Waals surface area contributed by atoms with Crippen molar-refractivity contribution in [2.24, 2.45) is 4.99 Å². The van der Waals surface area contributed by atoms with Crippen molar-refractivity contribution in [2.75, 3.05) is 19.8 Å². The van der Waals surface area contributed by atoms with E-state index in [1.165, 1.54) is 0 Å². The number of aliphatic hydroxyl groups is 1. The van der Waals surface area contributed by atoms with Gasteiger partial charge in [-0.25, -0.2) is 8.42 Å². The Hall–Kier alpha value is -1.44. The van der Waals surface area contributed by atoms with E-state index in [-0.39, 0.29) is 11.5 Å². The number of benzene rings is 1. The molecule has 0 atom stereocenters. The summed E-state index contributed by atoms with van der Waals surface area (Å²) < 4.78 is 31.8. The molecule has 2 aliphatic heterocycles. The second-order valence-corrected chi connectivity index (χ2v) is 6.71. The van der Waals surface area contributed by atoms with Gasteiger partial charge in [0, 0.05) is 18.8 Å². The minimum atomic E-state index is -3.53. The number of aliphatic imine (C=N–C) groups is 1. The molecule has 0 amide bonds. The van der Waals surface area contributed by atoms with Crippen LogP contribution in [0.3, 0.4) is 0 Å². The molecular weight excluding hydrogens is 280 g/mol. The van der Waals surface area contributed by atoms with Gasteiger partial charge in [0.1, 0.15) is 5.84 Å². The highest BCUT2D eigenvalue weighted by molar-refractivity contribution is 7.90. The number of hydrogen-bond acceptors (Lipinski definition) is 5. The number of nitrogens with zero attached hydrogens (tertiary/aromatic N) is 1. The molecule has 20 heavy (non-hydrogen) atoms. The van der Waals surface area contributed by atoms with E-state index in [1.54, 1.807) is 24.3 Å². The second kappa shape index (κ2) is 4.83. The first kappa shape index (κ1) is 13.5. The summed E-state index contributed by atoms with van der Waals surface area (Å²) in [4.78, 5) is 4.75. The molecule has 2 aliphatic rings. The van der Waals surface area contributed by atoms with Crippen molar-refractivity contribution >= 4 is 15.9 Å². The van der Waals surface area contributed by atoms with Crippen molar-refractivity contribution < 1.29 is 18.3 Å². The van der Waals surface area contributed by atoms with Crippen LogP contribution >= 0.6 is 0 Å². The lowest BCUT2D eigenvalue weighted by Gasteiger charge is -2.32. The molecule has 0 radical (unpaired) electrons. The molecule has 0 bridgehead atoms. The van der Waals surface area contributed by atoms with E-state index in [1.807, 2.05) is 0 Å². The SMILES string of the molecule is O=S1(=O)NC(=NC2(CO)CCOCC2)c2ccccc21. The average molecular weight is 296 g/mol. The van der Waals surface area contributed by atoms with Crippen molar-refractivity contribution in [3.63, 3.8) is 0 Å². The Balaban J connectivity index is 2.05. The van der Waals surface area contributed by atoms with E-state index >= 15 is 0 Å². The van der Waals surface area contributed by atoms with Crippen LogP contribution in [0.4, 0.5) is 0 Å². The van der Waals surface area contributed by atoms with E-state index in [2.05, 4.69) is 9.71 Å². The first-order valence-electron chi connectivity index (χ1n) is 6.47. The zero-order chi connectivity index (χ0) is 14.2. The zero-order valence-corrected chi connectivity index (χ0v) is 11.7. The molecule has 0 spiro atoms. The lowest BCUT2D eigenvalue weighted by molar-refractivity contribution is 0.0306. The Labute approximate surface area is 117 Å². The predicted molar refractivity (Wildman–Crippen MR) is 73.2 cm³/mol. The molecular formula is C13H16N2O4S. The Morgan fingerprint density at radius 2 is 2.00 bits per heavy atom. The number of fused-ring (bicyclic) bond motifs is 1. The number of nitrogens with one attached hydrogen (secondary N) is 1. The van der Waals surface area contributed by atoms with Gasteiger partial charge in [0.2, 0.25) is 0 Å². The van der Waals surface area contributed by atoms with Crippen LogP contribution in [0.15, 0.2) is 34.2 Å². The highest BCUT2D eigenvalue weighted by Crippen LogP contribution is 2.29. The van der Waals surface area contributed by atoms with Gasteiger partial charge in [0.25, 0.3) is 10.0 Å². The second-order valence-electron chi connectivity index (χ2n) is 5.06. The third kappa shape index (κ3) is 2.21. The number of rotatable bonds is 2. The van der Waals surface area contributed by atoms with Crippen LogP contribution in [-0.2, 0) is 14.8 Å². The molecule has 2 N–H and O–H groups in total. The van der Waals surface area contributed by atoms with Crippen molar-refractivity contribution in [2.45, 2.75) is 23.3 Å². The molecule has 0 saturated carbocycles. The van der Waals surface area contributed by atoms with Crippen molar-refractivity contribution in [1.29, 1.82) is 0 Å². The summed E-state index contributed by atoms with van der Waals surface area (Å²) in [5.74, 6) is 0.316. The van der Waals surface area contributed by atoms with Gasteiger partial charge in [-0.05, 0) is 25.0 Å². The molecule has 108 valence electrons. The summed E-state index contributed by atoms with van der Waals surface area (Å²) in [6.45, 7) is 0.918. The molecule has 1 saturated heterocycles. The molecule has 3 rings (SSSR count). The maximum absolute atomic E-state index is 12.0. The zero-order valence-electron chi connectivity index (χ0n) is 10.9. The minimum absolute atomic E-state index is 0.121. The molecule has 7 heteroatoms. The van der Waals surface area contributed by atoms with E-state index in [9.17, 15) is 13.5 Å². The van der Waals surface area contributed by atoms with Crippen LogP contribution in [-0.4, -0.2) is 44.7 Å². The highest BCUT2D eigenvalue weighted by Gasteiger charge is 2.36. The lowest BCUT2D eigenvalue weighted by atomic mass is 9.91. The van der Waals surface area contributed by atoms with Crippen LogP contribution in [0.1, 0.15) is 18.4 Å². The molecule has 0 aromatic heterocycles.